The maximum atomic E-state index is 5.53. The van der Waals surface area contributed by atoms with Crippen LogP contribution in [0.4, 0.5) is 11.6 Å². The van der Waals surface area contributed by atoms with E-state index in [1.165, 1.54) is 32.1 Å². The van der Waals surface area contributed by atoms with Crippen LogP contribution in [0, 0.1) is 19.8 Å². The van der Waals surface area contributed by atoms with E-state index in [2.05, 4.69) is 27.6 Å². The third-order valence-corrected chi connectivity index (χ3v) is 4.38. The van der Waals surface area contributed by atoms with Gasteiger partial charge in [-0.3, -0.25) is 0 Å². The van der Waals surface area contributed by atoms with Gasteiger partial charge in [0.25, 0.3) is 0 Å². The summed E-state index contributed by atoms with van der Waals surface area (Å²) in [5.41, 5.74) is 3.65. The second kappa shape index (κ2) is 6.88. The Bertz CT molecular complexity index is 440. The largest absolute Gasteiger partial charge is 0.367 e. The fraction of sp³-hybridized carbons (Fsp3) is 0.733. The van der Waals surface area contributed by atoms with E-state index in [-0.39, 0.29) is 0 Å². The van der Waals surface area contributed by atoms with Crippen LogP contribution in [0.3, 0.4) is 0 Å². The topological polar surface area (TPSA) is 75.9 Å². The summed E-state index contributed by atoms with van der Waals surface area (Å²) in [6, 6.07) is 0.494. The molecule has 1 unspecified atom stereocenters. The molecule has 1 saturated carbocycles. The van der Waals surface area contributed by atoms with Gasteiger partial charge >= 0.3 is 0 Å². The van der Waals surface area contributed by atoms with Crippen molar-refractivity contribution in [1.82, 2.24) is 9.97 Å². The highest BCUT2D eigenvalue weighted by atomic mass is 15.3. The van der Waals surface area contributed by atoms with Crippen LogP contribution in [0.5, 0.6) is 0 Å². The highest BCUT2D eigenvalue weighted by molar-refractivity contribution is 5.57. The molecule has 1 aromatic rings. The summed E-state index contributed by atoms with van der Waals surface area (Å²) in [6.45, 7) is 6.15. The van der Waals surface area contributed by atoms with Crippen LogP contribution in [0.1, 0.15) is 56.8 Å². The van der Waals surface area contributed by atoms with E-state index in [0.717, 1.165) is 29.5 Å². The van der Waals surface area contributed by atoms with Gasteiger partial charge in [-0.2, -0.15) is 0 Å². The molecule has 1 atom stereocenters. The quantitative estimate of drug-likeness (QED) is 0.569. The third-order valence-electron chi connectivity index (χ3n) is 4.38. The summed E-state index contributed by atoms with van der Waals surface area (Å²) in [6.07, 6.45) is 7.89. The smallest absolute Gasteiger partial charge is 0.148 e. The van der Waals surface area contributed by atoms with E-state index in [9.17, 15) is 0 Å². The van der Waals surface area contributed by atoms with Crippen molar-refractivity contribution in [1.29, 1.82) is 0 Å². The summed E-state index contributed by atoms with van der Waals surface area (Å²) >= 11 is 0. The molecule has 1 fully saturated rings. The lowest BCUT2D eigenvalue weighted by molar-refractivity contribution is 0.312. The summed E-state index contributed by atoms with van der Waals surface area (Å²) in [4.78, 5) is 8.86. The van der Waals surface area contributed by atoms with Gasteiger partial charge in [0, 0.05) is 11.6 Å². The molecule has 4 N–H and O–H groups in total. The number of aromatic nitrogens is 2. The Labute approximate surface area is 121 Å². The summed E-state index contributed by atoms with van der Waals surface area (Å²) in [7, 11) is 0. The van der Waals surface area contributed by atoms with Crippen LogP contribution in [0.2, 0.25) is 0 Å². The highest BCUT2D eigenvalue weighted by Gasteiger charge is 2.23. The Morgan fingerprint density at radius 3 is 2.40 bits per heavy atom. The van der Waals surface area contributed by atoms with E-state index < -0.39 is 0 Å². The Morgan fingerprint density at radius 2 is 1.80 bits per heavy atom. The van der Waals surface area contributed by atoms with E-state index in [4.69, 9.17) is 5.84 Å². The first-order valence-electron chi connectivity index (χ1n) is 7.74. The van der Waals surface area contributed by atoms with Crippen molar-refractivity contribution >= 4 is 11.6 Å². The van der Waals surface area contributed by atoms with Gasteiger partial charge in [-0.25, -0.2) is 15.8 Å². The van der Waals surface area contributed by atoms with E-state index in [0.29, 0.717) is 11.9 Å². The number of anilines is 2. The van der Waals surface area contributed by atoms with Gasteiger partial charge in [0.2, 0.25) is 0 Å². The molecule has 0 aliphatic heterocycles. The predicted octanol–water partition coefficient (Wildman–Crippen LogP) is 3.15. The van der Waals surface area contributed by atoms with Crippen LogP contribution in [-0.4, -0.2) is 16.0 Å². The fourth-order valence-corrected chi connectivity index (χ4v) is 3.17. The molecule has 1 aliphatic carbocycles. The lowest BCUT2D eigenvalue weighted by atomic mass is 9.83. The normalized spacial score (nSPS) is 17.8. The standard InChI is InChI=1S/C15H27N5/c1-4-13(12-8-6-5-7-9-12)19-14-10(2)15(20-16)18-11(3)17-14/h12-13H,4-9,16H2,1-3H3,(H2,17,18,19,20). The second-order valence-electron chi connectivity index (χ2n) is 5.79. The number of hydrazine groups is 1. The number of rotatable bonds is 5. The van der Waals surface area contributed by atoms with Gasteiger partial charge in [0.05, 0.1) is 0 Å². The minimum Gasteiger partial charge on any atom is -0.367 e. The SMILES string of the molecule is CCC(Nc1nc(C)nc(NN)c1C)C1CCCCC1. The molecule has 5 heteroatoms. The Kier molecular flexibility index (Phi) is 5.17. The van der Waals surface area contributed by atoms with Crippen LogP contribution >= 0.6 is 0 Å². The maximum absolute atomic E-state index is 5.53. The predicted molar refractivity (Wildman–Crippen MR) is 83.6 cm³/mol. The van der Waals surface area contributed by atoms with Crippen molar-refractivity contribution in [2.75, 3.05) is 10.7 Å². The first-order chi connectivity index (χ1) is 9.65. The molecule has 0 aromatic carbocycles. The minimum atomic E-state index is 0.494. The molecule has 1 heterocycles. The van der Waals surface area contributed by atoms with E-state index in [1.807, 2.05) is 13.8 Å². The number of hydrogen-bond donors (Lipinski definition) is 3. The molecule has 0 spiro atoms. The monoisotopic (exact) mass is 277 g/mol. The highest BCUT2D eigenvalue weighted by Crippen LogP contribution is 2.30. The molecule has 2 rings (SSSR count). The molecule has 112 valence electrons. The molecule has 0 radical (unpaired) electrons. The maximum Gasteiger partial charge on any atom is 0.148 e. The average molecular weight is 277 g/mol. The van der Waals surface area contributed by atoms with Crippen LogP contribution < -0.4 is 16.6 Å². The van der Waals surface area contributed by atoms with Gasteiger partial charge < -0.3 is 10.7 Å². The zero-order valence-electron chi connectivity index (χ0n) is 12.9. The lowest BCUT2D eigenvalue weighted by Gasteiger charge is -2.31. The molecule has 0 bridgehead atoms. The van der Waals surface area contributed by atoms with Gasteiger partial charge in [0.1, 0.15) is 17.5 Å². The molecule has 20 heavy (non-hydrogen) atoms. The number of nitrogens with one attached hydrogen (secondary N) is 2. The number of nitrogens with two attached hydrogens (primary N) is 1. The first-order valence-corrected chi connectivity index (χ1v) is 7.74. The fourth-order valence-electron chi connectivity index (χ4n) is 3.17. The number of nitrogen functional groups attached to an aromatic ring is 1. The number of nitrogens with zero attached hydrogens (tertiary/aromatic N) is 2. The first kappa shape index (κ1) is 15.0. The Hall–Kier alpha value is -1.36. The summed E-state index contributed by atoms with van der Waals surface area (Å²) in [5, 5.41) is 3.64. The van der Waals surface area contributed by atoms with E-state index in [1.54, 1.807) is 0 Å². The van der Waals surface area contributed by atoms with Crippen molar-refractivity contribution in [3.8, 4) is 0 Å². The number of aryl methyl sites for hydroxylation is 1. The summed E-state index contributed by atoms with van der Waals surface area (Å²) < 4.78 is 0. The lowest BCUT2D eigenvalue weighted by Crippen LogP contribution is -2.31. The van der Waals surface area contributed by atoms with Crippen molar-refractivity contribution in [2.24, 2.45) is 11.8 Å². The van der Waals surface area contributed by atoms with Gasteiger partial charge in [-0.15, -0.1) is 0 Å². The zero-order valence-corrected chi connectivity index (χ0v) is 12.9. The third kappa shape index (κ3) is 3.39. The van der Waals surface area contributed by atoms with Gasteiger partial charge in [0.15, 0.2) is 0 Å². The summed E-state index contributed by atoms with van der Waals surface area (Å²) in [5.74, 6) is 8.65. The molecule has 5 nitrogen and oxygen atoms in total. The van der Waals surface area contributed by atoms with Crippen molar-refractivity contribution in [3.63, 3.8) is 0 Å². The van der Waals surface area contributed by atoms with E-state index >= 15 is 0 Å². The van der Waals surface area contributed by atoms with Crippen molar-refractivity contribution in [3.05, 3.63) is 11.4 Å². The Balaban J connectivity index is 2.16. The van der Waals surface area contributed by atoms with Crippen LogP contribution in [0.25, 0.3) is 0 Å². The molecular formula is C15H27N5. The number of hydrogen-bond acceptors (Lipinski definition) is 5. The molecule has 1 aliphatic rings. The second-order valence-corrected chi connectivity index (χ2v) is 5.79. The zero-order chi connectivity index (χ0) is 14.5. The van der Waals surface area contributed by atoms with Crippen molar-refractivity contribution < 1.29 is 0 Å². The average Bonchev–Trinajstić information content (AvgIpc) is 2.48. The van der Waals surface area contributed by atoms with Gasteiger partial charge in [-0.1, -0.05) is 26.2 Å². The van der Waals surface area contributed by atoms with Crippen molar-refractivity contribution in [2.45, 2.75) is 65.3 Å². The Morgan fingerprint density at radius 1 is 1.15 bits per heavy atom. The molecular weight excluding hydrogens is 250 g/mol. The molecule has 1 aromatic heterocycles. The molecule has 0 saturated heterocycles. The van der Waals surface area contributed by atoms with Crippen LogP contribution in [0.15, 0.2) is 0 Å². The van der Waals surface area contributed by atoms with Crippen LogP contribution in [-0.2, 0) is 0 Å². The molecule has 0 amide bonds. The van der Waals surface area contributed by atoms with Gasteiger partial charge in [-0.05, 0) is 39.0 Å². The minimum absolute atomic E-state index is 0.494.